The van der Waals surface area contributed by atoms with Crippen LogP contribution in [-0.4, -0.2) is 42.0 Å². The number of hydrogen-bond acceptors (Lipinski definition) is 6. The van der Waals surface area contributed by atoms with Crippen molar-refractivity contribution in [3.8, 4) is 22.9 Å². The molecule has 0 aliphatic rings. The summed E-state index contributed by atoms with van der Waals surface area (Å²) < 4.78 is 17.8. The van der Waals surface area contributed by atoms with Crippen LogP contribution in [0.15, 0.2) is 49.1 Å². The van der Waals surface area contributed by atoms with Gasteiger partial charge in [0.25, 0.3) is 0 Å². The number of rotatable bonds is 8. The Morgan fingerprint density at radius 2 is 1.82 bits per heavy atom. The Bertz CT molecular complexity index is 941. The Labute approximate surface area is 163 Å². The van der Waals surface area contributed by atoms with Crippen LogP contribution in [0.5, 0.6) is 17.2 Å². The zero-order valence-electron chi connectivity index (χ0n) is 16.0. The van der Waals surface area contributed by atoms with E-state index < -0.39 is 0 Å². The molecule has 0 atom stereocenters. The summed E-state index contributed by atoms with van der Waals surface area (Å²) >= 11 is 0. The number of methoxy groups -OCH3 is 3. The fourth-order valence-electron chi connectivity index (χ4n) is 2.93. The van der Waals surface area contributed by atoms with Gasteiger partial charge in [-0.3, -0.25) is 4.79 Å². The number of nitrogens with zero attached hydrogens (tertiary/aromatic N) is 3. The fraction of sp³-hybridized carbons (Fsp3) is 0.250. The number of para-hydroxylation sites is 2. The number of aryl methyl sites for hydroxylation is 1. The van der Waals surface area contributed by atoms with Crippen LogP contribution in [0.3, 0.4) is 0 Å². The monoisotopic (exact) mass is 382 g/mol. The predicted octanol–water partition coefficient (Wildman–Crippen LogP) is 2.86. The lowest BCUT2D eigenvalue weighted by Crippen LogP contribution is -2.14. The number of ether oxygens (including phenoxy) is 3. The normalized spacial score (nSPS) is 10.4. The van der Waals surface area contributed by atoms with E-state index in [9.17, 15) is 4.79 Å². The third kappa shape index (κ3) is 4.06. The van der Waals surface area contributed by atoms with Crippen LogP contribution in [0.4, 0.5) is 5.69 Å². The Balaban J connectivity index is 1.72. The highest BCUT2D eigenvalue weighted by molar-refractivity contribution is 5.93. The van der Waals surface area contributed by atoms with Gasteiger partial charge in [-0.05, 0) is 30.2 Å². The second-order valence-electron chi connectivity index (χ2n) is 5.90. The van der Waals surface area contributed by atoms with Gasteiger partial charge in [0.1, 0.15) is 12.7 Å². The summed E-state index contributed by atoms with van der Waals surface area (Å²) in [5.74, 6) is 1.54. The largest absolute Gasteiger partial charge is 0.493 e. The van der Waals surface area contributed by atoms with Crippen LogP contribution >= 0.6 is 0 Å². The van der Waals surface area contributed by atoms with Crippen molar-refractivity contribution in [2.75, 3.05) is 26.6 Å². The van der Waals surface area contributed by atoms with Gasteiger partial charge in [0.05, 0.1) is 32.7 Å². The molecule has 0 aliphatic heterocycles. The number of anilines is 1. The highest BCUT2D eigenvalue weighted by Crippen LogP contribution is 2.40. The molecule has 1 heterocycles. The molecule has 1 N–H and O–H groups in total. The molecule has 2 aromatic carbocycles. The molecule has 28 heavy (non-hydrogen) atoms. The van der Waals surface area contributed by atoms with Gasteiger partial charge in [-0.1, -0.05) is 18.2 Å². The molecule has 3 aromatic rings. The van der Waals surface area contributed by atoms with Crippen molar-refractivity contribution in [2.24, 2.45) is 0 Å². The zero-order valence-corrected chi connectivity index (χ0v) is 16.0. The van der Waals surface area contributed by atoms with Crippen molar-refractivity contribution in [1.29, 1.82) is 0 Å². The van der Waals surface area contributed by atoms with Gasteiger partial charge in [0.15, 0.2) is 11.5 Å². The van der Waals surface area contributed by atoms with Crippen molar-refractivity contribution in [2.45, 2.75) is 12.8 Å². The van der Waals surface area contributed by atoms with Gasteiger partial charge in [-0.2, -0.15) is 5.10 Å². The van der Waals surface area contributed by atoms with E-state index in [1.54, 1.807) is 38.4 Å². The molecular weight excluding hydrogens is 360 g/mol. The van der Waals surface area contributed by atoms with Crippen LogP contribution in [0.2, 0.25) is 0 Å². The molecule has 146 valence electrons. The topological polar surface area (TPSA) is 87.5 Å². The Morgan fingerprint density at radius 1 is 1.04 bits per heavy atom. The number of benzene rings is 2. The van der Waals surface area contributed by atoms with E-state index in [-0.39, 0.29) is 12.3 Å². The fourth-order valence-corrected chi connectivity index (χ4v) is 2.93. The molecule has 0 saturated carbocycles. The minimum absolute atomic E-state index is 0.121. The van der Waals surface area contributed by atoms with E-state index >= 15 is 0 Å². The van der Waals surface area contributed by atoms with Crippen LogP contribution in [-0.2, 0) is 11.2 Å². The SMILES string of the molecule is COc1ccc(CCC(=O)Nc2ccccc2-n2cncn2)c(OC)c1OC. The molecule has 0 bridgehead atoms. The van der Waals surface area contributed by atoms with E-state index in [4.69, 9.17) is 14.2 Å². The van der Waals surface area contributed by atoms with E-state index in [1.807, 2.05) is 30.3 Å². The average molecular weight is 382 g/mol. The first kappa shape index (κ1) is 19.2. The highest BCUT2D eigenvalue weighted by atomic mass is 16.5. The summed E-state index contributed by atoms with van der Waals surface area (Å²) in [7, 11) is 4.68. The first-order chi connectivity index (χ1) is 13.7. The first-order valence-corrected chi connectivity index (χ1v) is 8.69. The summed E-state index contributed by atoms with van der Waals surface area (Å²) in [4.78, 5) is 16.5. The lowest BCUT2D eigenvalue weighted by molar-refractivity contribution is -0.116. The quantitative estimate of drug-likeness (QED) is 0.645. The number of amides is 1. The molecule has 8 heteroatoms. The smallest absolute Gasteiger partial charge is 0.224 e. The maximum Gasteiger partial charge on any atom is 0.224 e. The zero-order chi connectivity index (χ0) is 19.9. The van der Waals surface area contributed by atoms with Gasteiger partial charge in [0, 0.05) is 6.42 Å². The van der Waals surface area contributed by atoms with Gasteiger partial charge >= 0.3 is 0 Å². The Morgan fingerprint density at radius 3 is 2.50 bits per heavy atom. The Kier molecular flexibility index (Phi) is 6.11. The van der Waals surface area contributed by atoms with Crippen molar-refractivity contribution in [3.05, 3.63) is 54.6 Å². The molecule has 0 spiro atoms. The lowest BCUT2D eigenvalue weighted by atomic mass is 10.1. The second kappa shape index (κ2) is 8.90. The second-order valence-corrected chi connectivity index (χ2v) is 5.90. The molecule has 0 aliphatic carbocycles. The number of aromatic nitrogens is 3. The average Bonchev–Trinajstić information content (AvgIpc) is 3.26. The first-order valence-electron chi connectivity index (χ1n) is 8.69. The Hall–Kier alpha value is -3.55. The summed E-state index contributed by atoms with van der Waals surface area (Å²) in [6, 6.07) is 11.1. The third-order valence-electron chi connectivity index (χ3n) is 4.25. The molecular formula is C20H22N4O4. The van der Waals surface area contributed by atoms with Crippen LogP contribution in [0, 0.1) is 0 Å². The van der Waals surface area contributed by atoms with Gasteiger partial charge in [-0.15, -0.1) is 0 Å². The molecule has 1 amide bonds. The van der Waals surface area contributed by atoms with Crippen molar-refractivity contribution < 1.29 is 19.0 Å². The van der Waals surface area contributed by atoms with E-state index in [2.05, 4.69) is 15.4 Å². The van der Waals surface area contributed by atoms with E-state index in [1.165, 1.54) is 6.33 Å². The maximum atomic E-state index is 12.5. The third-order valence-corrected chi connectivity index (χ3v) is 4.25. The minimum Gasteiger partial charge on any atom is -0.493 e. The number of nitrogens with one attached hydrogen (secondary N) is 1. The maximum absolute atomic E-state index is 12.5. The standard InChI is InChI=1S/C20H22N4O4/c1-26-17-10-8-14(19(27-2)20(17)28-3)9-11-18(25)23-15-6-4-5-7-16(15)24-13-21-12-22-24/h4-8,10,12-13H,9,11H2,1-3H3,(H,23,25). The van der Waals surface area contributed by atoms with Gasteiger partial charge < -0.3 is 19.5 Å². The molecule has 1 aromatic heterocycles. The number of carbonyl (C=O) groups excluding carboxylic acids is 1. The predicted molar refractivity (Wildman–Crippen MR) is 104 cm³/mol. The van der Waals surface area contributed by atoms with E-state index in [0.717, 1.165) is 11.3 Å². The molecule has 8 nitrogen and oxygen atoms in total. The van der Waals surface area contributed by atoms with Gasteiger partial charge in [0.2, 0.25) is 11.7 Å². The molecule has 0 unspecified atom stereocenters. The number of hydrogen-bond donors (Lipinski definition) is 1. The van der Waals surface area contributed by atoms with E-state index in [0.29, 0.717) is 29.4 Å². The summed E-state index contributed by atoms with van der Waals surface area (Å²) in [5.41, 5.74) is 2.27. The van der Waals surface area contributed by atoms with Crippen molar-refractivity contribution >= 4 is 11.6 Å². The summed E-state index contributed by atoms with van der Waals surface area (Å²) in [6.07, 6.45) is 3.79. The van der Waals surface area contributed by atoms with Crippen molar-refractivity contribution in [3.63, 3.8) is 0 Å². The molecule has 0 saturated heterocycles. The van der Waals surface area contributed by atoms with Crippen LogP contribution in [0.25, 0.3) is 5.69 Å². The highest BCUT2D eigenvalue weighted by Gasteiger charge is 2.17. The summed E-state index contributed by atoms with van der Waals surface area (Å²) in [6.45, 7) is 0. The lowest BCUT2D eigenvalue weighted by Gasteiger charge is -2.16. The molecule has 0 fully saturated rings. The van der Waals surface area contributed by atoms with Crippen LogP contribution in [0.1, 0.15) is 12.0 Å². The van der Waals surface area contributed by atoms with Gasteiger partial charge in [-0.25, -0.2) is 9.67 Å². The number of carbonyl (C=O) groups is 1. The summed E-state index contributed by atoms with van der Waals surface area (Å²) in [5, 5.41) is 7.05. The van der Waals surface area contributed by atoms with Crippen LogP contribution < -0.4 is 19.5 Å². The molecule has 0 radical (unpaired) electrons. The minimum atomic E-state index is -0.121. The van der Waals surface area contributed by atoms with Crippen molar-refractivity contribution in [1.82, 2.24) is 14.8 Å². The molecule has 3 rings (SSSR count).